The third-order valence-electron chi connectivity index (χ3n) is 3.44. The highest BCUT2D eigenvalue weighted by Crippen LogP contribution is 2.07. The monoisotopic (exact) mass is 257 g/mol. The van der Waals surface area contributed by atoms with Crippen LogP contribution in [0.4, 0.5) is 0 Å². The lowest BCUT2D eigenvalue weighted by atomic mass is 10.1. The van der Waals surface area contributed by atoms with Crippen LogP contribution in [-0.2, 0) is 4.79 Å². The summed E-state index contributed by atoms with van der Waals surface area (Å²) in [6, 6.07) is 0.584. The Bertz CT molecular complexity index is 231. The van der Waals surface area contributed by atoms with Crippen molar-refractivity contribution in [1.82, 2.24) is 15.1 Å². The van der Waals surface area contributed by atoms with Gasteiger partial charge in [0.05, 0.1) is 6.54 Å². The summed E-state index contributed by atoms with van der Waals surface area (Å²) in [5.74, 6) is 0.818. The van der Waals surface area contributed by atoms with Gasteiger partial charge >= 0.3 is 0 Å². The number of amides is 1. The number of carbonyl (C=O) groups excluding carboxylic acids is 1. The highest BCUT2D eigenvalue weighted by molar-refractivity contribution is 5.78. The highest BCUT2D eigenvalue weighted by Gasteiger charge is 2.13. The molecule has 0 heterocycles. The first kappa shape index (κ1) is 17.4. The number of carbonyl (C=O) groups is 1. The second-order valence-corrected chi connectivity index (χ2v) is 5.43. The van der Waals surface area contributed by atoms with Gasteiger partial charge in [-0.2, -0.15) is 0 Å². The minimum atomic E-state index is 0.199. The van der Waals surface area contributed by atoms with E-state index in [1.165, 1.54) is 0 Å². The first-order valence-electron chi connectivity index (χ1n) is 7.04. The SMILES string of the molecule is CCN(CCC(C)CN(C)C(C)C)C(=O)CNC. The molecule has 0 saturated heterocycles. The molecule has 0 saturated carbocycles. The lowest BCUT2D eigenvalue weighted by molar-refractivity contribution is -0.130. The number of rotatable bonds is 9. The number of nitrogens with one attached hydrogen (secondary N) is 1. The van der Waals surface area contributed by atoms with E-state index < -0.39 is 0 Å². The average molecular weight is 257 g/mol. The maximum absolute atomic E-state index is 11.8. The molecule has 0 bridgehead atoms. The fraction of sp³-hybridized carbons (Fsp3) is 0.929. The van der Waals surface area contributed by atoms with Crippen molar-refractivity contribution in [2.24, 2.45) is 5.92 Å². The van der Waals surface area contributed by atoms with Gasteiger partial charge in [-0.05, 0) is 47.2 Å². The van der Waals surface area contributed by atoms with E-state index in [4.69, 9.17) is 0 Å². The molecule has 108 valence electrons. The molecular formula is C14H31N3O. The maximum atomic E-state index is 11.8. The van der Waals surface area contributed by atoms with Gasteiger partial charge in [-0.15, -0.1) is 0 Å². The Morgan fingerprint density at radius 1 is 1.28 bits per heavy atom. The van der Waals surface area contributed by atoms with E-state index in [-0.39, 0.29) is 5.91 Å². The van der Waals surface area contributed by atoms with Crippen LogP contribution in [0.3, 0.4) is 0 Å². The first-order chi connectivity index (χ1) is 8.42. The minimum Gasteiger partial charge on any atom is -0.342 e. The molecule has 0 aliphatic carbocycles. The number of hydrogen-bond donors (Lipinski definition) is 1. The fourth-order valence-electron chi connectivity index (χ4n) is 1.89. The summed E-state index contributed by atoms with van der Waals surface area (Å²) in [4.78, 5) is 16.1. The second-order valence-electron chi connectivity index (χ2n) is 5.43. The summed E-state index contributed by atoms with van der Waals surface area (Å²) in [6.45, 7) is 11.9. The molecule has 1 atom stereocenters. The molecule has 0 aromatic rings. The number of hydrogen-bond acceptors (Lipinski definition) is 3. The van der Waals surface area contributed by atoms with E-state index >= 15 is 0 Å². The van der Waals surface area contributed by atoms with E-state index in [0.717, 1.165) is 26.1 Å². The van der Waals surface area contributed by atoms with Gasteiger partial charge in [0.15, 0.2) is 0 Å². The van der Waals surface area contributed by atoms with Gasteiger partial charge in [-0.3, -0.25) is 4.79 Å². The van der Waals surface area contributed by atoms with Gasteiger partial charge in [0.2, 0.25) is 5.91 Å². The fourth-order valence-corrected chi connectivity index (χ4v) is 1.89. The van der Waals surface area contributed by atoms with Crippen molar-refractivity contribution in [1.29, 1.82) is 0 Å². The zero-order chi connectivity index (χ0) is 14.1. The number of likely N-dealkylation sites (N-methyl/N-ethyl adjacent to an activating group) is 2. The van der Waals surface area contributed by atoms with Crippen LogP contribution in [0.15, 0.2) is 0 Å². The van der Waals surface area contributed by atoms with Crippen molar-refractivity contribution in [2.75, 3.05) is 40.3 Å². The Labute approximate surface area is 113 Å². The molecule has 0 aliphatic heterocycles. The molecule has 1 N–H and O–H groups in total. The molecule has 0 radical (unpaired) electrons. The molecule has 1 amide bonds. The minimum absolute atomic E-state index is 0.199. The summed E-state index contributed by atoms with van der Waals surface area (Å²) >= 11 is 0. The van der Waals surface area contributed by atoms with Crippen molar-refractivity contribution in [2.45, 2.75) is 40.2 Å². The van der Waals surface area contributed by atoms with Crippen LogP contribution in [0.1, 0.15) is 34.1 Å². The average Bonchev–Trinajstić information content (AvgIpc) is 2.29. The molecule has 4 nitrogen and oxygen atoms in total. The van der Waals surface area contributed by atoms with Crippen LogP contribution in [0.25, 0.3) is 0 Å². The quantitative estimate of drug-likeness (QED) is 0.678. The molecule has 4 heteroatoms. The molecule has 0 aromatic heterocycles. The topological polar surface area (TPSA) is 35.6 Å². The van der Waals surface area contributed by atoms with Gasteiger partial charge in [-0.1, -0.05) is 6.92 Å². The van der Waals surface area contributed by atoms with E-state index in [9.17, 15) is 4.79 Å². The van der Waals surface area contributed by atoms with Gasteiger partial charge in [0, 0.05) is 25.7 Å². The molecule has 18 heavy (non-hydrogen) atoms. The summed E-state index contributed by atoms with van der Waals surface area (Å²) in [7, 11) is 3.97. The van der Waals surface area contributed by atoms with E-state index in [0.29, 0.717) is 18.5 Å². The summed E-state index contributed by atoms with van der Waals surface area (Å²) in [5, 5.41) is 2.92. The Morgan fingerprint density at radius 3 is 2.33 bits per heavy atom. The second kappa shape index (κ2) is 9.34. The van der Waals surface area contributed by atoms with E-state index in [1.807, 2.05) is 18.9 Å². The molecule has 0 spiro atoms. The van der Waals surface area contributed by atoms with Gasteiger partial charge in [-0.25, -0.2) is 0 Å². The van der Waals surface area contributed by atoms with Crippen molar-refractivity contribution in [3.63, 3.8) is 0 Å². The van der Waals surface area contributed by atoms with Crippen molar-refractivity contribution < 1.29 is 4.79 Å². The Morgan fingerprint density at radius 2 is 1.89 bits per heavy atom. The third kappa shape index (κ3) is 6.97. The van der Waals surface area contributed by atoms with Gasteiger partial charge in [0.1, 0.15) is 0 Å². The molecule has 0 rings (SSSR count). The van der Waals surface area contributed by atoms with Crippen molar-refractivity contribution in [3.8, 4) is 0 Å². The molecule has 0 fully saturated rings. The Hall–Kier alpha value is -0.610. The van der Waals surface area contributed by atoms with Crippen LogP contribution >= 0.6 is 0 Å². The molecular weight excluding hydrogens is 226 g/mol. The standard InChI is InChI=1S/C14H31N3O/c1-7-17(14(18)10-15-5)9-8-13(4)11-16(6)12(2)3/h12-13,15H,7-11H2,1-6H3. The predicted octanol–water partition coefficient (Wildman–Crippen LogP) is 1.42. The van der Waals surface area contributed by atoms with Crippen molar-refractivity contribution >= 4 is 5.91 Å². The zero-order valence-electron chi connectivity index (χ0n) is 13.0. The zero-order valence-corrected chi connectivity index (χ0v) is 13.0. The van der Waals surface area contributed by atoms with Crippen LogP contribution in [0, 0.1) is 5.92 Å². The first-order valence-corrected chi connectivity index (χ1v) is 7.04. The smallest absolute Gasteiger partial charge is 0.236 e. The highest BCUT2D eigenvalue weighted by atomic mass is 16.2. The third-order valence-corrected chi connectivity index (χ3v) is 3.44. The maximum Gasteiger partial charge on any atom is 0.236 e. The Kier molecular flexibility index (Phi) is 9.02. The number of nitrogens with zero attached hydrogens (tertiary/aromatic N) is 2. The van der Waals surface area contributed by atoms with Gasteiger partial charge in [0.25, 0.3) is 0 Å². The largest absolute Gasteiger partial charge is 0.342 e. The summed E-state index contributed by atoms with van der Waals surface area (Å²) in [5.41, 5.74) is 0. The Balaban J connectivity index is 4.01. The molecule has 0 aromatic carbocycles. The predicted molar refractivity (Wildman–Crippen MR) is 77.7 cm³/mol. The van der Waals surface area contributed by atoms with Crippen LogP contribution in [0.5, 0.6) is 0 Å². The summed E-state index contributed by atoms with van der Waals surface area (Å²) < 4.78 is 0. The molecule has 0 aliphatic rings. The normalized spacial score (nSPS) is 13.1. The molecule has 1 unspecified atom stereocenters. The lowest BCUT2D eigenvalue weighted by Crippen LogP contribution is -2.39. The lowest BCUT2D eigenvalue weighted by Gasteiger charge is -2.27. The van der Waals surface area contributed by atoms with Gasteiger partial charge < -0.3 is 15.1 Å². The summed E-state index contributed by atoms with van der Waals surface area (Å²) in [6.07, 6.45) is 1.07. The van der Waals surface area contributed by atoms with Crippen LogP contribution in [-0.4, -0.2) is 62.0 Å². The van der Waals surface area contributed by atoms with Crippen LogP contribution in [0.2, 0.25) is 0 Å². The van der Waals surface area contributed by atoms with Crippen LogP contribution < -0.4 is 5.32 Å². The van der Waals surface area contributed by atoms with Crippen molar-refractivity contribution in [3.05, 3.63) is 0 Å². The van der Waals surface area contributed by atoms with E-state index in [1.54, 1.807) is 0 Å². The van der Waals surface area contributed by atoms with E-state index in [2.05, 4.69) is 38.0 Å².